The van der Waals surface area contributed by atoms with Crippen molar-refractivity contribution in [3.05, 3.63) is 82.1 Å². The summed E-state index contributed by atoms with van der Waals surface area (Å²) in [7, 11) is 0. The second-order valence-electron chi connectivity index (χ2n) is 5.62. The Kier molecular flexibility index (Phi) is 6.11. The average Bonchev–Trinajstić information content (AvgIpc) is 3.16. The Morgan fingerprint density at radius 2 is 1.74 bits per heavy atom. The van der Waals surface area contributed by atoms with E-state index in [2.05, 4.69) is 10.4 Å². The fraction of sp³-hybridized carbons (Fsp3) is 0.105. The molecule has 6 nitrogen and oxygen atoms in total. The molecule has 1 amide bonds. The number of amides is 1. The maximum absolute atomic E-state index is 12.1. The topological polar surface area (TPSA) is 73.2 Å². The van der Waals surface area contributed by atoms with Crippen molar-refractivity contribution in [2.75, 3.05) is 11.9 Å². The lowest BCUT2D eigenvalue weighted by Gasteiger charge is -2.10. The molecule has 8 heteroatoms. The number of carbonyl (C=O) groups is 2. The van der Waals surface area contributed by atoms with Crippen LogP contribution in [0, 0.1) is 0 Å². The lowest BCUT2D eigenvalue weighted by atomic mass is 10.1. The average molecular weight is 404 g/mol. The van der Waals surface area contributed by atoms with Crippen LogP contribution in [0.4, 0.5) is 5.69 Å². The first kappa shape index (κ1) is 18.9. The van der Waals surface area contributed by atoms with Crippen molar-refractivity contribution in [2.24, 2.45) is 0 Å². The van der Waals surface area contributed by atoms with Crippen LogP contribution in [0.1, 0.15) is 15.9 Å². The Morgan fingerprint density at radius 1 is 1.04 bits per heavy atom. The van der Waals surface area contributed by atoms with Crippen LogP contribution in [0.2, 0.25) is 10.0 Å². The molecule has 1 aromatic heterocycles. The summed E-state index contributed by atoms with van der Waals surface area (Å²) < 4.78 is 6.81. The lowest BCUT2D eigenvalue weighted by Crippen LogP contribution is -2.21. The van der Waals surface area contributed by atoms with Gasteiger partial charge in [-0.05, 0) is 35.9 Å². The molecule has 0 atom stereocenters. The fourth-order valence-corrected chi connectivity index (χ4v) is 2.83. The normalized spacial score (nSPS) is 10.4. The molecule has 3 aromatic rings. The molecule has 1 N–H and O–H groups in total. The Hall–Kier alpha value is -2.83. The summed E-state index contributed by atoms with van der Waals surface area (Å²) in [6.07, 6.45) is 3.55. The van der Waals surface area contributed by atoms with Gasteiger partial charge in [-0.25, -0.2) is 4.79 Å². The molecule has 0 aliphatic rings. The number of para-hydroxylation sites is 1. The summed E-state index contributed by atoms with van der Waals surface area (Å²) in [6, 6.07) is 13.6. The zero-order valence-corrected chi connectivity index (χ0v) is 15.6. The van der Waals surface area contributed by atoms with Crippen molar-refractivity contribution in [3.8, 4) is 0 Å². The van der Waals surface area contributed by atoms with E-state index in [4.69, 9.17) is 27.9 Å². The minimum Gasteiger partial charge on any atom is -0.452 e. The Bertz CT molecular complexity index is 921. The van der Waals surface area contributed by atoms with E-state index in [9.17, 15) is 9.59 Å². The van der Waals surface area contributed by atoms with E-state index in [1.165, 1.54) is 0 Å². The first-order chi connectivity index (χ1) is 13.0. The van der Waals surface area contributed by atoms with Gasteiger partial charge >= 0.3 is 5.97 Å². The molecule has 0 aliphatic heterocycles. The molecule has 27 heavy (non-hydrogen) atoms. The van der Waals surface area contributed by atoms with Gasteiger partial charge in [0.05, 0.1) is 27.8 Å². The number of hydrogen-bond donors (Lipinski definition) is 1. The quantitative estimate of drug-likeness (QED) is 0.630. The number of rotatable bonds is 6. The molecule has 0 fully saturated rings. The third-order valence-corrected chi connectivity index (χ3v) is 4.28. The number of aromatic nitrogens is 2. The van der Waals surface area contributed by atoms with E-state index in [1.54, 1.807) is 41.2 Å². The zero-order valence-electron chi connectivity index (χ0n) is 14.1. The summed E-state index contributed by atoms with van der Waals surface area (Å²) in [5, 5.41) is 7.26. The molecule has 0 aliphatic carbocycles. The Labute approximate surface area is 165 Å². The zero-order chi connectivity index (χ0) is 19.2. The predicted molar refractivity (Wildman–Crippen MR) is 103 cm³/mol. The van der Waals surface area contributed by atoms with Crippen LogP contribution in [-0.2, 0) is 16.1 Å². The maximum atomic E-state index is 12.1. The Morgan fingerprint density at radius 3 is 2.37 bits per heavy atom. The van der Waals surface area contributed by atoms with Crippen LogP contribution < -0.4 is 5.32 Å². The van der Waals surface area contributed by atoms with E-state index >= 15 is 0 Å². The number of benzene rings is 2. The van der Waals surface area contributed by atoms with Crippen molar-refractivity contribution >= 4 is 40.8 Å². The van der Waals surface area contributed by atoms with Crippen LogP contribution >= 0.6 is 23.2 Å². The number of ether oxygens (including phenoxy) is 1. The smallest absolute Gasteiger partial charge is 0.338 e. The third kappa shape index (κ3) is 5.09. The van der Waals surface area contributed by atoms with E-state index in [0.717, 1.165) is 5.56 Å². The molecule has 0 saturated heterocycles. The molecule has 3 rings (SSSR count). The Balaban J connectivity index is 1.53. The van der Waals surface area contributed by atoms with Gasteiger partial charge < -0.3 is 10.1 Å². The molecule has 0 unspecified atom stereocenters. The molecular weight excluding hydrogens is 389 g/mol. The van der Waals surface area contributed by atoms with Gasteiger partial charge in [-0.3, -0.25) is 9.48 Å². The van der Waals surface area contributed by atoms with Gasteiger partial charge in [-0.2, -0.15) is 5.10 Å². The summed E-state index contributed by atoms with van der Waals surface area (Å²) in [5.74, 6) is -1.13. The highest BCUT2D eigenvalue weighted by atomic mass is 35.5. The number of hydrogen-bond acceptors (Lipinski definition) is 4. The van der Waals surface area contributed by atoms with Crippen LogP contribution in [-0.4, -0.2) is 28.3 Å². The maximum Gasteiger partial charge on any atom is 0.338 e. The summed E-state index contributed by atoms with van der Waals surface area (Å²) in [5.41, 5.74) is 1.62. The molecular formula is C19H15Cl2N3O3. The van der Waals surface area contributed by atoms with Crippen LogP contribution in [0.25, 0.3) is 0 Å². The van der Waals surface area contributed by atoms with Crippen molar-refractivity contribution in [1.29, 1.82) is 0 Å². The van der Waals surface area contributed by atoms with Gasteiger partial charge in [0.1, 0.15) is 0 Å². The van der Waals surface area contributed by atoms with E-state index in [1.807, 2.05) is 24.4 Å². The van der Waals surface area contributed by atoms with Gasteiger partial charge in [0, 0.05) is 12.4 Å². The highest BCUT2D eigenvalue weighted by Gasteiger charge is 2.13. The standard InChI is InChI=1S/C19H15Cl2N3O3/c20-15-3-1-4-16(21)18(15)23-17(25)12-27-19(26)14-7-5-13(6-8-14)11-24-10-2-9-22-24/h1-10H,11-12H2,(H,23,25). The van der Waals surface area contributed by atoms with Crippen molar-refractivity contribution in [3.63, 3.8) is 0 Å². The first-order valence-corrected chi connectivity index (χ1v) is 8.76. The second kappa shape index (κ2) is 8.70. The molecule has 0 bridgehead atoms. The summed E-state index contributed by atoms with van der Waals surface area (Å²) in [6.45, 7) is 0.152. The van der Waals surface area contributed by atoms with Gasteiger partial charge in [0.25, 0.3) is 5.91 Å². The molecule has 2 aromatic carbocycles. The number of nitrogens with one attached hydrogen (secondary N) is 1. The lowest BCUT2D eigenvalue weighted by molar-refractivity contribution is -0.119. The highest BCUT2D eigenvalue weighted by molar-refractivity contribution is 6.39. The third-order valence-electron chi connectivity index (χ3n) is 3.65. The van der Waals surface area contributed by atoms with Crippen LogP contribution in [0.3, 0.4) is 0 Å². The molecule has 138 valence electrons. The first-order valence-electron chi connectivity index (χ1n) is 8.00. The monoisotopic (exact) mass is 403 g/mol. The van der Waals surface area contributed by atoms with E-state index < -0.39 is 18.5 Å². The van der Waals surface area contributed by atoms with Crippen molar-refractivity contribution < 1.29 is 14.3 Å². The van der Waals surface area contributed by atoms with Gasteiger partial charge in [-0.1, -0.05) is 41.4 Å². The number of anilines is 1. The number of halogens is 2. The predicted octanol–water partition coefficient (Wildman–Crippen LogP) is 4.03. The van der Waals surface area contributed by atoms with E-state index in [0.29, 0.717) is 22.2 Å². The van der Waals surface area contributed by atoms with Crippen molar-refractivity contribution in [1.82, 2.24) is 9.78 Å². The fourth-order valence-electron chi connectivity index (χ4n) is 2.33. The largest absolute Gasteiger partial charge is 0.452 e. The summed E-state index contributed by atoms with van der Waals surface area (Å²) >= 11 is 12.0. The van der Waals surface area contributed by atoms with Gasteiger partial charge in [0.15, 0.2) is 6.61 Å². The van der Waals surface area contributed by atoms with Gasteiger partial charge in [0.2, 0.25) is 0 Å². The highest BCUT2D eigenvalue weighted by Crippen LogP contribution is 2.29. The van der Waals surface area contributed by atoms with Crippen LogP contribution in [0.5, 0.6) is 0 Å². The summed E-state index contributed by atoms with van der Waals surface area (Å²) in [4.78, 5) is 24.1. The minimum atomic E-state index is -0.596. The second-order valence-corrected chi connectivity index (χ2v) is 6.44. The molecule has 0 radical (unpaired) electrons. The number of nitrogens with zero attached hydrogens (tertiary/aromatic N) is 2. The minimum absolute atomic E-state index is 0.282. The molecule has 0 spiro atoms. The number of esters is 1. The van der Waals surface area contributed by atoms with E-state index in [-0.39, 0.29) is 5.69 Å². The SMILES string of the molecule is O=C(COC(=O)c1ccc(Cn2cccn2)cc1)Nc1c(Cl)cccc1Cl. The van der Waals surface area contributed by atoms with Crippen LogP contribution in [0.15, 0.2) is 60.9 Å². The van der Waals surface area contributed by atoms with Gasteiger partial charge in [-0.15, -0.1) is 0 Å². The number of carbonyl (C=O) groups excluding carboxylic acids is 2. The molecule has 0 saturated carbocycles. The molecule has 1 heterocycles. The van der Waals surface area contributed by atoms with Crippen molar-refractivity contribution in [2.45, 2.75) is 6.54 Å².